The number of rotatable bonds is 4. The first-order valence-corrected chi connectivity index (χ1v) is 7.52. The zero-order chi connectivity index (χ0) is 15.4. The Morgan fingerprint density at radius 3 is 2.64 bits per heavy atom. The van der Waals surface area contributed by atoms with Crippen molar-refractivity contribution in [3.05, 3.63) is 22.7 Å². The fourth-order valence-corrected chi connectivity index (χ4v) is 2.56. The van der Waals surface area contributed by atoms with Gasteiger partial charge >= 0.3 is 0 Å². The van der Waals surface area contributed by atoms with E-state index in [0.29, 0.717) is 24.3 Å². The Morgan fingerprint density at radius 2 is 2.05 bits per heavy atom. The van der Waals surface area contributed by atoms with E-state index in [1.165, 1.54) is 6.92 Å². The van der Waals surface area contributed by atoms with Crippen molar-refractivity contribution in [1.29, 1.82) is 0 Å². The third-order valence-corrected chi connectivity index (χ3v) is 3.71. The van der Waals surface area contributed by atoms with Crippen LogP contribution in [0, 0.1) is 0 Å². The van der Waals surface area contributed by atoms with Crippen LogP contribution in [0.2, 0.25) is 0 Å². The first-order chi connectivity index (χ1) is 9.99. The van der Waals surface area contributed by atoms with Gasteiger partial charge in [-0.15, -0.1) is 12.4 Å². The minimum Gasteiger partial charge on any atom is -0.364 e. The number of hydrogen-bond acceptors (Lipinski definition) is 4. The topological polar surface area (TPSA) is 93.5 Å². The minimum atomic E-state index is -0.497. The van der Waals surface area contributed by atoms with Crippen LogP contribution in [0.4, 0.5) is 11.4 Å². The molecular formula is C14H19BrClN3O3. The number of nitrogens with one attached hydrogen (secondary N) is 2. The van der Waals surface area contributed by atoms with E-state index < -0.39 is 6.10 Å². The molecule has 1 heterocycles. The molecule has 122 valence electrons. The molecule has 1 aliphatic rings. The van der Waals surface area contributed by atoms with Gasteiger partial charge in [0.25, 0.3) is 5.91 Å². The molecule has 6 nitrogen and oxygen atoms in total. The van der Waals surface area contributed by atoms with Crippen molar-refractivity contribution in [2.75, 3.05) is 17.2 Å². The van der Waals surface area contributed by atoms with Crippen LogP contribution in [0.5, 0.6) is 0 Å². The van der Waals surface area contributed by atoms with Crippen LogP contribution in [0.25, 0.3) is 0 Å². The molecule has 0 saturated carbocycles. The maximum atomic E-state index is 12.2. The summed E-state index contributed by atoms with van der Waals surface area (Å²) in [5, 5.41) is 5.48. The lowest BCUT2D eigenvalue weighted by atomic mass is 10.2. The standard InChI is InChI=1S/C14H18BrN3O3.ClH/c1-8(19)17-11-4-2-9(15)6-12(11)18-14(20)13-5-3-10(7-16)21-13;/h2,4,6,10,13H,3,5,7,16H2,1H3,(H,17,19)(H,18,20);1H/t10-,13+;/m1./s1. The van der Waals surface area contributed by atoms with E-state index in [1.807, 2.05) is 0 Å². The number of ether oxygens (including phenoxy) is 1. The van der Waals surface area contributed by atoms with E-state index in [9.17, 15) is 9.59 Å². The van der Waals surface area contributed by atoms with E-state index in [4.69, 9.17) is 10.5 Å². The first-order valence-electron chi connectivity index (χ1n) is 6.73. The van der Waals surface area contributed by atoms with Crippen molar-refractivity contribution in [3.63, 3.8) is 0 Å². The predicted molar refractivity (Wildman–Crippen MR) is 91.3 cm³/mol. The average Bonchev–Trinajstić information content (AvgIpc) is 2.90. The van der Waals surface area contributed by atoms with Crippen molar-refractivity contribution in [1.82, 2.24) is 0 Å². The van der Waals surface area contributed by atoms with Gasteiger partial charge in [0.05, 0.1) is 17.5 Å². The average molecular weight is 393 g/mol. The minimum absolute atomic E-state index is 0. The number of carbonyl (C=O) groups excluding carboxylic acids is 2. The fourth-order valence-electron chi connectivity index (χ4n) is 2.20. The van der Waals surface area contributed by atoms with Gasteiger partial charge in [-0.2, -0.15) is 0 Å². The lowest BCUT2D eigenvalue weighted by Gasteiger charge is -2.15. The van der Waals surface area contributed by atoms with Crippen LogP contribution in [-0.4, -0.2) is 30.6 Å². The molecule has 1 aromatic carbocycles. The normalized spacial score (nSPS) is 20.1. The Bertz CT molecular complexity index is 556. The van der Waals surface area contributed by atoms with Crippen LogP contribution in [-0.2, 0) is 14.3 Å². The molecule has 1 aromatic rings. The Morgan fingerprint density at radius 1 is 1.32 bits per heavy atom. The summed E-state index contributed by atoms with van der Waals surface area (Å²) in [6.45, 7) is 1.83. The van der Waals surface area contributed by atoms with E-state index in [-0.39, 0.29) is 30.3 Å². The smallest absolute Gasteiger partial charge is 0.253 e. The number of hydrogen-bond donors (Lipinski definition) is 3. The Balaban J connectivity index is 0.00000242. The lowest BCUT2D eigenvalue weighted by molar-refractivity contribution is -0.126. The van der Waals surface area contributed by atoms with Crippen molar-refractivity contribution in [2.45, 2.75) is 32.0 Å². The lowest BCUT2D eigenvalue weighted by Crippen LogP contribution is -2.30. The predicted octanol–water partition coefficient (Wildman–Crippen LogP) is 2.27. The van der Waals surface area contributed by atoms with E-state index >= 15 is 0 Å². The van der Waals surface area contributed by atoms with Gasteiger partial charge in [-0.25, -0.2) is 0 Å². The maximum Gasteiger partial charge on any atom is 0.253 e. The second-order valence-electron chi connectivity index (χ2n) is 4.92. The fraction of sp³-hybridized carbons (Fsp3) is 0.429. The molecule has 1 aliphatic heterocycles. The number of anilines is 2. The maximum absolute atomic E-state index is 12.2. The molecule has 0 radical (unpaired) electrons. The third kappa shape index (κ3) is 4.95. The van der Waals surface area contributed by atoms with Crippen molar-refractivity contribution in [3.8, 4) is 0 Å². The van der Waals surface area contributed by atoms with Gasteiger partial charge in [0.2, 0.25) is 5.91 Å². The van der Waals surface area contributed by atoms with Crippen molar-refractivity contribution < 1.29 is 14.3 Å². The van der Waals surface area contributed by atoms with Crippen LogP contribution in [0.3, 0.4) is 0 Å². The Kier molecular flexibility index (Phi) is 7.28. The summed E-state index contributed by atoms with van der Waals surface area (Å²) in [5.41, 5.74) is 6.62. The van der Waals surface area contributed by atoms with E-state index in [0.717, 1.165) is 10.9 Å². The summed E-state index contributed by atoms with van der Waals surface area (Å²) in [4.78, 5) is 23.4. The zero-order valence-corrected chi connectivity index (χ0v) is 14.5. The number of nitrogens with two attached hydrogens (primary N) is 1. The molecule has 2 atom stereocenters. The van der Waals surface area contributed by atoms with Crippen LogP contribution in [0.15, 0.2) is 22.7 Å². The molecular weight excluding hydrogens is 374 g/mol. The highest BCUT2D eigenvalue weighted by atomic mass is 79.9. The Labute approximate surface area is 143 Å². The quantitative estimate of drug-likeness (QED) is 0.733. The summed E-state index contributed by atoms with van der Waals surface area (Å²) in [5.74, 6) is -0.427. The van der Waals surface area contributed by atoms with Crippen LogP contribution in [0.1, 0.15) is 19.8 Å². The number of carbonyl (C=O) groups is 2. The highest BCUT2D eigenvalue weighted by Crippen LogP contribution is 2.27. The van der Waals surface area contributed by atoms with E-state index in [1.54, 1.807) is 18.2 Å². The largest absolute Gasteiger partial charge is 0.364 e. The van der Waals surface area contributed by atoms with Gasteiger partial charge < -0.3 is 21.1 Å². The summed E-state index contributed by atoms with van der Waals surface area (Å²) in [6, 6.07) is 5.25. The van der Waals surface area contributed by atoms with Crippen molar-refractivity contribution >= 4 is 51.5 Å². The molecule has 2 amide bonds. The third-order valence-electron chi connectivity index (χ3n) is 3.21. The molecule has 0 spiro atoms. The molecule has 0 unspecified atom stereocenters. The first kappa shape index (κ1) is 18.9. The molecule has 0 bridgehead atoms. The highest BCUT2D eigenvalue weighted by molar-refractivity contribution is 9.10. The van der Waals surface area contributed by atoms with E-state index in [2.05, 4.69) is 26.6 Å². The second kappa shape index (κ2) is 8.47. The molecule has 8 heteroatoms. The summed E-state index contributed by atoms with van der Waals surface area (Å²) >= 11 is 3.34. The molecule has 2 rings (SSSR count). The number of amides is 2. The summed E-state index contributed by atoms with van der Waals surface area (Å²) in [7, 11) is 0. The summed E-state index contributed by atoms with van der Waals surface area (Å²) in [6.07, 6.45) is 0.879. The number of halogens is 2. The van der Waals surface area contributed by atoms with Gasteiger partial charge in [-0.3, -0.25) is 9.59 Å². The van der Waals surface area contributed by atoms with Gasteiger partial charge in [0.15, 0.2) is 0 Å². The zero-order valence-electron chi connectivity index (χ0n) is 12.1. The molecule has 1 fully saturated rings. The molecule has 4 N–H and O–H groups in total. The van der Waals surface area contributed by atoms with Gasteiger partial charge in [-0.1, -0.05) is 15.9 Å². The summed E-state index contributed by atoms with van der Waals surface area (Å²) < 4.78 is 6.36. The molecule has 22 heavy (non-hydrogen) atoms. The second-order valence-corrected chi connectivity index (χ2v) is 5.84. The highest BCUT2D eigenvalue weighted by Gasteiger charge is 2.30. The van der Waals surface area contributed by atoms with Gasteiger partial charge in [0, 0.05) is 17.9 Å². The molecule has 1 saturated heterocycles. The van der Waals surface area contributed by atoms with Gasteiger partial charge in [-0.05, 0) is 31.0 Å². The van der Waals surface area contributed by atoms with Crippen LogP contribution >= 0.6 is 28.3 Å². The molecule has 0 aromatic heterocycles. The monoisotopic (exact) mass is 391 g/mol. The SMILES string of the molecule is CC(=O)Nc1ccc(Br)cc1NC(=O)[C@@H]1CC[C@H](CN)O1.Cl. The van der Waals surface area contributed by atoms with Crippen LogP contribution < -0.4 is 16.4 Å². The molecule has 0 aliphatic carbocycles. The van der Waals surface area contributed by atoms with Gasteiger partial charge in [0.1, 0.15) is 6.10 Å². The van der Waals surface area contributed by atoms with Crippen molar-refractivity contribution in [2.24, 2.45) is 5.73 Å². The Hall–Kier alpha value is -1.15. The number of benzene rings is 1.